The number of nitrogens with zero attached hydrogens (tertiary/aromatic N) is 3. The van der Waals surface area contributed by atoms with Crippen LogP contribution in [0.2, 0.25) is 10.0 Å². The van der Waals surface area contributed by atoms with Crippen LogP contribution in [0.4, 0.5) is 0 Å². The lowest BCUT2D eigenvalue weighted by molar-refractivity contribution is 0.241. The number of aromatic amines is 1. The molecule has 0 unspecified atom stereocenters. The first kappa shape index (κ1) is 17.7. The third-order valence-corrected chi connectivity index (χ3v) is 5.83. The maximum absolute atomic E-state index is 12.6. The van der Waals surface area contributed by atoms with Gasteiger partial charge in [-0.25, -0.2) is 4.98 Å². The number of H-pyrrole nitrogens is 1. The summed E-state index contributed by atoms with van der Waals surface area (Å²) in [7, 11) is 0. The summed E-state index contributed by atoms with van der Waals surface area (Å²) in [6, 6.07) is 5.65. The van der Waals surface area contributed by atoms with Crippen molar-refractivity contribution in [3.8, 4) is 0 Å². The van der Waals surface area contributed by atoms with E-state index in [1.54, 1.807) is 6.07 Å². The largest absolute Gasteiger partial charge is 0.305 e. The average molecular weight is 391 g/mol. The fourth-order valence-electron chi connectivity index (χ4n) is 3.55. The Balaban J connectivity index is 1.56. The van der Waals surface area contributed by atoms with E-state index in [2.05, 4.69) is 14.9 Å². The van der Waals surface area contributed by atoms with E-state index in [-0.39, 0.29) is 5.56 Å². The second-order valence-corrected chi connectivity index (χ2v) is 7.58. The summed E-state index contributed by atoms with van der Waals surface area (Å²) >= 11 is 12.4. The van der Waals surface area contributed by atoms with Crippen molar-refractivity contribution in [1.82, 2.24) is 14.9 Å². The van der Waals surface area contributed by atoms with Crippen LogP contribution in [0.25, 0.3) is 0 Å². The van der Waals surface area contributed by atoms with Gasteiger partial charge in [0.1, 0.15) is 0 Å². The molecule has 1 aromatic carbocycles. The highest BCUT2D eigenvalue weighted by atomic mass is 35.5. The molecule has 0 fully saturated rings. The van der Waals surface area contributed by atoms with E-state index in [4.69, 9.17) is 28.2 Å². The van der Waals surface area contributed by atoms with Crippen LogP contribution in [0.5, 0.6) is 0 Å². The molecule has 0 saturated heterocycles. The van der Waals surface area contributed by atoms with Gasteiger partial charge in [-0.05, 0) is 30.9 Å². The summed E-state index contributed by atoms with van der Waals surface area (Å²) in [5.41, 5.74) is 3.49. The Morgan fingerprint density at radius 1 is 1.19 bits per heavy atom. The number of aliphatic imine (C=N–C) groups is 1. The lowest BCUT2D eigenvalue weighted by atomic mass is 10.0. The fourth-order valence-corrected chi connectivity index (χ4v) is 3.93. The van der Waals surface area contributed by atoms with Gasteiger partial charge in [0.25, 0.3) is 5.56 Å². The van der Waals surface area contributed by atoms with Crippen LogP contribution in [-0.4, -0.2) is 33.7 Å². The molecule has 2 aromatic rings. The summed E-state index contributed by atoms with van der Waals surface area (Å²) in [6.07, 6.45) is 3.85. The summed E-state index contributed by atoms with van der Waals surface area (Å²) in [5, 5.41) is 1.14. The number of aromatic nitrogens is 2. The van der Waals surface area contributed by atoms with Crippen LogP contribution < -0.4 is 5.56 Å². The van der Waals surface area contributed by atoms with Crippen molar-refractivity contribution in [2.24, 2.45) is 4.99 Å². The molecule has 0 radical (unpaired) electrons. The molecule has 7 heteroatoms. The molecule has 0 saturated carbocycles. The van der Waals surface area contributed by atoms with E-state index in [9.17, 15) is 4.79 Å². The molecule has 3 heterocycles. The zero-order valence-corrected chi connectivity index (χ0v) is 15.9. The quantitative estimate of drug-likeness (QED) is 0.870. The highest BCUT2D eigenvalue weighted by Gasteiger charge is 2.23. The van der Waals surface area contributed by atoms with Gasteiger partial charge in [0, 0.05) is 32.6 Å². The van der Waals surface area contributed by atoms with Crippen molar-refractivity contribution in [3.63, 3.8) is 0 Å². The average Bonchev–Trinajstić information content (AvgIpc) is 2.66. The Bertz CT molecular complexity index is 922. The number of fused-ring (bicyclic) bond motifs is 1. The Labute approximate surface area is 162 Å². The van der Waals surface area contributed by atoms with Crippen LogP contribution in [0.15, 0.2) is 28.0 Å². The number of hydrogen-bond acceptors (Lipinski definition) is 4. The van der Waals surface area contributed by atoms with E-state index in [0.717, 1.165) is 61.3 Å². The SMILES string of the molecule is O=c1[nH]c(C2=NCCCC2)nc2c1CN(Cc1cccc(Cl)c1Cl)CC2. The van der Waals surface area contributed by atoms with Gasteiger partial charge in [-0.3, -0.25) is 14.7 Å². The molecule has 4 rings (SSSR count). The lowest BCUT2D eigenvalue weighted by Crippen LogP contribution is -2.36. The van der Waals surface area contributed by atoms with Crippen molar-refractivity contribution in [1.29, 1.82) is 0 Å². The molecule has 136 valence electrons. The molecule has 0 spiro atoms. The molecule has 2 aliphatic rings. The van der Waals surface area contributed by atoms with Gasteiger partial charge in [-0.2, -0.15) is 0 Å². The highest BCUT2D eigenvalue weighted by molar-refractivity contribution is 6.42. The molecule has 0 bridgehead atoms. The van der Waals surface area contributed by atoms with Gasteiger partial charge in [-0.15, -0.1) is 0 Å². The van der Waals surface area contributed by atoms with Crippen LogP contribution in [0, 0.1) is 0 Å². The molecule has 0 atom stereocenters. The minimum absolute atomic E-state index is 0.0554. The summed E-state index contributed by atoms with van der Waals surface area (Å²) < 4.78 is 0. The van der Waals surface area contributed by atoms with Gasteiger partial charge in [0.05, 0.1) is 27.0 Å². The summed E-state index contributed by atoms with van der Waals surface area (Å²) in [6.45, 7) is 2.88. The van der Waals surface area contributed by atoms with Gasteiger partial charge >= 0.3 is 0 Å². The predicted octanol–water partition coefficient (Wildman–Crippen LogP) is 3.61. The topological polar surface area (TPSA) is 61.4 Å². The van der Waals surface area contributed by atoms with Crippen LogP contribution in [0.3, 0.4) is 0 Å². The number of benzene rings is 1. The van der Waals surface area contributed by atoms with E-state index < -0.39 is 0 Å². The lowest BCUT2D eigenvalue weighted by Gasteiger charge is -2.28. The van der Waals surface area contributed by atoms with Gasteiger partial charge in [-0.1, -0.05) is 35.3 Å². The van der Waals surface area contributed by atoms with Crippen molar-refractivity contribution in [2.45, 2.75) is 38.8 Å². The zero-order chi connectivity index (χ0) is 18.1. The number of rotatable bonds is 3. The van der Waals surface area contributed by atoms with Gasteiger partial charge in [0.2, 0.25) is 0 Å². The van der Waals surface area contributed by atoms with E-state index in [1.165, 1.54) is 0 Å². The predicted molar refractivity (Wildman–Crippen MR) is 104 cm³/mol. The molecule has 0 amide bonds. The zero-order valence-electron chi connectivity index (χ0n) is 14.4. The normalized spacial score (nSPS) is 17.7. The standard InChI is InChI=1S/C19H20Cl2N4O/c20-14-5-3-4-12(17(14)21)10-25-9-7-15-13(11-25)19(26)24-18(23-15)16-6-1-2-8-22-16/h3-5H,1-2,6-11H2,(H,23,24,26). The third-order valence-electron chi connectivity index (χ3n) is 4.97. The van der Waals surface area contributed by atoms with Crippen molar-refractivity contribution < 1.29 is 0 Å². The molecule has 2 aliphatic heterocycles. The Morgan fingerprint density at radius 2 is 2.08 bits per heavy atom. The molecule has 26 heavy (non-hydrogen) atoms. The summed E-state index contributed by atoms with van der Waals surface area (Å²) in [5.74, 6) is 0.653. The smallest absolute Gasteiger partial charge is 0.255 e. The third kappa shape index (κ3) is 3.56. The molecule has 1 N–H and O–H groups in total. The van der Waals surface area contributed by atoms with Gasteiger partial charge < -0.3 is 4.98 Å². The number of halogens is 2. The van der Waals surface area contributed by atoms with Gasteiger partial charge in [0.15, 0.2) is 5.82 Å². The first-order valence-electron chi connectivity index (χ1n) is 8.93. The van der Waals surface area contributed by atoms with Crippen molar-refractivity contribution >= 4 is 28.9 Å². The van der Waals surface area contributed by atoms with Crippen LogP contribution >= 0.6 is 23.2 Å². The molecular formula is C19H20Cl2N4O. The van der Waals surface area contributed by atoms with E-state index >= 15 is 0 Å². The van der Waals surface area contributed by atoms with E-state index in [1.807, 2.05) is 12.1 Å². The molecule has 0 aliphatic carbocycles. The van der Waals surface area contributed by atoms with Crippen molar-refractivity contribution in [3.05, 3.63) is 61.2 Å². The maximum Gasteiger partial charge on any atom is 0.255 e. The molecular weight excluding hydrogens is 371 g/mol. The van der Waals surface area contributed by atoms with Crippen LogP contribution in [-0.2, 0) is 19.5 Å². The minimum atomic E-state index is -0.0554. The first-order chi connectivity index (χ1) is 12.6. The molecule has 1 aromatic heterocycles. The Hall–Kier alpha value is -1.69. The Kier molecular flexibility index (Phi) is 5.11. The first-order valence-corrected chi connectivity index (χ1v) is 9.68. The number of hydrogen-bond donors (Lipinski definition) is 1. The summed E-state index contributed by atoms with van der Waals surface area (Å²) in [4.78, 5) is 27.0. The Morgan fingerprint density at radius 3 is 2.88 bits per heavy atom. The second-order valence-electron chi connectivity index (χ2n) is 6.80. The maximum atomic E-state index is 12.6. The fraction of sp³-hybridized carbons (Fsp3) is 0.421. The monoisotopic (exact) mass is 390 g/mol. The molecule has 5 nitrogen and oxygen atoms in total. The number of nitrogens with one attached hydrogen (secondary N) is 1. The minimum Gasteiger partial charge on any atom is -0.305 e. The van der Waals surface area contributed by atoms with Crippen LogP contribution in [0.1, 0.15) is 41.9 Å². The second kappa shape index (κ2) is 7.51. The van der Waals surface area contributed by atoms with Crippen molar-refractivity contribution in [2.75, 3.05) is 13.1 Å². The highest BCUT2D eigenvalue weighted by Crippen LogP contribution is 2.27. The van der Waals surface area contributed by atoms with E-state index in [0.29, 0.717) is 29.0 Å².